The molecule has 0 spiro atoms. The number of quaternary nitrogens is 1. The minimum atomic E-state index is 0.375. The van der Waals surface area contributed by atoms with Gasteiger partial charge < -0.3 is 4.48 Å². The zero-order valence-electron chi connectivity index (χ0n) is 14.0. The van der Waals surface area contributed by atoms with Crippen LogP contribution in [0.25, 0.3) is 0 Å². The van der Waals surface area contributed by atoms with E-state index < -0.39 is 0 Å². The van der Waals surface area contributed by atoms with E-state index in [9.17, 15) is 0 Å². The van der Waals surface area contributed by atoms with E-state index in [4.69, 9.17) is 0 Å². The van der Waals surface area contributed by atoms with E-state index in [1.807, 2.05) is 0 Å². The Hall–Kier alpha value is -0.0400. The molecule has 0 aliphatic heterocycles. The molecule has 0 amide bonds. The minimum absolute atomic E-state index is 0.375. The fraction of sp³-hybridized carbons (Fsp3) is 1.00. The number of hydrogen-bond acceptors (Lipinski definition) is 0. The molecule has 0 aliphatic carbocycles. The van der Waals surface area contributed by atoms with Crippen molar-refractivity contribution in [1.29, 1.82) is 0 Å². The molecule has 0 rings (SSSR count). The van der Waals surface area contributed by atoms with E-state index in [0.29, 0.717) is 5.54 Å². The smallest absolute Gasteiger partial charge is 0.0903 e. The second-order valence-electron chi connectivity index (χ2n) is 7.41. The van der Waals surface area contributed by atoms with Crippen molar-refractivity contribution in [2.24, 2.45) is 0 Å². The molecule has 0 aromatic carbocycles. The zero-order valence-corrected chi connectivity index (χ0v) is 14.0. The number of hydrogen-bond donors (Lipinski definition) is 0. The van der Waals surface area contributed by atoms with Crippen LogP contribution in [0.3, 0.4) is 0 Å². The van der Waals surface area contributed by atoms with Crippen molar-refractivity contribution in [2.75, 3.05) is 20.6 Å². The Morgan fingerprint density at radius 3 is 1.44 bits per heavy atom. The number of unbranched alkanes of at least 4 members (excludes halogenated alkanes) is 8. The van der Waals surface area contributed by atoms with Gasteiger partial charge in [0.25, 0.3) is 0 Å². The largest absolute Gasteiger partial charge is 0.324 e. The monoisotopic (exact) mass is 256 g/mol. The summed E-state index contributed by atoms with van der Waals surface area (Å²) in [6.07, 6.45) is 12.9. The first-order chi connectivity index (χ1) is 8.31. The van der Waals surface area contributed by atoms with Crippen molar-refractivity contribution >= 4 is 0 Å². The summed E-state index contributed by atoms with van der Waals surface area (Å²) < 4.78 is 1.14. The Bertz CT molecular complexity index is 188. The molecule has 0 unspecified atom stereocenters. The van der Waals surface area contributed by atoms with Gasteiger partial charge in [-0.2, -0.15) is 0 Å². The lowest BCUT2D eigenvalue weighted by Crippen LogP contribution is -2.54. The predicted octanol–water partition coefficient (Wildman–Crippen LogP) is 5.39. The molecule has 0 radical (unpaired) electrons. The highest BCUT2D eigenvalue weighted by Gasteiger charge is 2.30. The van der Waals surface area contributed by atoms with Gasteiger partial charge >= 0.3 is 0 Å². The average molecular weight is 256 g/mol. The van der Waals surface area contributed by atoms with E-state index >= 15 is 0 Å². The van der Waals surface area contributed by atoms with Gasteiger partial charge in [-0.15, -0.1) is 0 Å². The van der Waals surface area contributed by atoms with E-state index in [2.05, 4.69) is 41.8 Å². The summed E-state index contributed by atoms with van der Waals surface area (Å²) in [5.74, 6) is 0. The first-order valence-electron chi connectivity index (χ1n) is 8.14. The molecule has 0 bridgehead atoms. The van der Waals surface area contributed by atoms with Crippen molar-refractivity contribution in [2.45, 2.75) is 91.0 Å². The standard InChI is InChI=1S/C17H38N/c1-7-8-9-10-11-12-13-14-15-16-18(5,6)17(2,3)4/h7-16H2,1-6H3/q+1. The summed E-state index contributed by atoms with van der Waals surface area (Å²) in [7, 11) is 4.73. The Kier molecular flexibility index (Phi) is 8.94. The summed E-state index contributed by atoms with van der Waals surface area (Å²) >= 11 is 0. The van der Waals surface area contributed by atoms with Gasteiger partial charge in [-0.05, 0) is 33.6 Å². The second kappa shape index (κ2) is 8.96. The molecule has 0 N–H and O–H groups in total. The fourth-order valence-electron chi connectivity index (χ4n) is 2.15. The molecule has 18 heavy (non-hydrogen) atoms. The summed E-state index contributed by atoms with van der Waals surface area (Å²) in [5, 5.41) is 0. The Labute approximate surface area is 117 Å². The van der Waals surface area contributed by atoms with E-state index in [-0.39, 0.29) is 0 Å². The minimum Gasteiger partial charge on any atom is -0.324 e. The maximum Gasteiger partial charge on any atom is 0.0903 e. The Morgan fingerprint density at radius 2 is 1.06 bits per heavy atom. The zero-order chi connectivity index (χ0) is 14.1. The van der Waals surface area contributed by atoms with Gasteiger partial charge in [-0.25, -0.2) is 0 Å². The maximum absolute atomic E-state index is 2.37. The molecule has 0 aromatic heterocycles. The fourth-order valence-corrected chi connectivity index (χ4v) is 2.15. The molecule has 0 saturated carbocycles. The van der Waals surface area contributed by atoms with Crippen LogP contribution >= 0.6 is 0 Å². The molecule has 0 aliphatic rings. The van der Waals surface area contributed by atoms with Gasteiger partial charge in [0, 0.05) is 0 Å². The van der Waals surface area contributed by atoms with Crippen LogP contribution in [0.2, 0.25) is 0 Å². The average Bonchev–Trinajstić information content (AvgIpc) is 2.25. The van der Waals surface area contributed by atoms with Crippen LogP contribution in [-0.2, 0) is 0 Å². The Morgan fingerprint density at radius 1 is 0.667 bits per heavy atom. The summed E-state index contributed by atoms with van der Waals surface area (Å²) in [6.45, 7) is 10.6. The number of nitrogens with zero attached hydrogens (tertiary/aromatic N) is 1. The van der Waals surface area contributed by atoms with Crippen LogP contribution < -0.4 is 0 Å². The van der Waals surface area contributed by atoms with Crippen molar-refractivity contribution in [3.63, 3.8) is 0 Å². The predicted molar refractivity (Wildman–Crippen MR) is 84.0 cm³/mol. The molecule has 0 atom stereocenters. The van der Waals surface area contributed by atoms with Crippen LogP contribution in [-0.4, -0.2) is 30.7 Å². The summed E-state index contributed by atoms with van der Waals surface area (Å²) in [6, 6.07) is 0. The molecule has 0 aromatic rings. The lowest BCUT2D eigenvalue weighted by molar-refractivity contribution is -0.935. The van der Waals surface area contributed by atoms with Crippen molar-refractivity contribution in [3.05, 3.63) is 0 Å². The van der Waals surface area contributed by atoms with Gasteiger partial charge in [0.2, 0.25) is 0 Å². The molecule has 0 fully saturated rings. The molecule has 1 nitrogen and oxygen atoms in total. The third-order valence-electron chi connectivity index (χ3n) is 4.64. The van der Waals surface area contributed by atoms with E-state index in [1.165, 1.54) is 64.3 Å². The molecular weight excluding hydrogens is 218 g/mol. The van der Waals surface area contributed by atoms with Crippen molar-refractivity contribution in [3.8, 4) is 0 Å². The van der Waals surface area contributed by atoms with Crippen LogP contribution in [0.15, 0.2) is 0 Å². The molecule has 110 valence electrons. The lowest BCUT2D eigenvalue weighted by Gasteiger charge is -2.42. The van der Waals surface area contributed by atoms with Crippen LogP contribution in [0.1, 0.15) is 85.5 Å². The van der Waals surface area contributed by atoms with Crippen LogP contribution in [0.4, 0.5) is 0 Å². The molecule has 0 saturated heterocycles. The lowest BCUT2D eigenvalue weighted by atomic mass is 10.0. The highest BCUT2D eigenvalue weighted by Crippen LogP contribution is 2.20. The van der Waals surface area contributed by atoms with E-state index in [1.54, 1.807) is 0 Å². The quantitative estimate of drug-likeness (QED) is 0.363. The third-order valence-corrected chi connectivity index (χ3v) is 4.64. The SMILES string of the molecule is CCCCCCCCCCC[N+](C)(C)C(C)(C)C. The molecular formula is C17H38N+. The first-order valence-corrected chi connectivity index (χ1v) is 8.14. The van der Waals surface area contributed by atoms with Gasteiger partial charge in [0.15, 0.2) is 0 Å². The van der Waals surface area contributed by atoms with Crippen molar-refractivity contribution < 1.29 is 4.48 Å². The van der Waals surface area contributed by atoms with Gasteiger partial charge in [-0.3, -0.25) is 0 Å². The first kappa shape index (κ1) is 18.0. The highest BCUT2D eigenvalue weighted by atomic mass is 15.4. The van der Waals surface area contributed by atoms with Gasteiger partial charge in [0.05, 0.1) is 26.2 Å². The highest BCUT2D eigenvalue weighted by molar-refractivity contribution is 4.60. The van der Waals surface area contributed by atoms with Crippen LogP contribution in [0, 0.1) is 0 Å². The topological polar surface area (TPSA) is 0 Å². The number of rotatable bonds is 10. The third kappa shape index (κ3) is 8.13. The van der Waals surface area contributed by atoms with Gasteiger partial charge in [-0.1, -0.05) is 51.9 Å². The summed E-state index contributed by atoms with van der Waals surface area (Å²) in [4.78, 5) is 0. The maximum atomic E-state index is 2.37. The molecule has 1 heteroatoms. The normalized spacial score (nSPS) is 13.0. The van der Waals surface area contributed by atoms with Gasteiger partial charge in [0.1, 0.15) is 0 Å². The Balaban J connectivity index is 3.41. The van der Waals surface area contributed by atoms with Crippen LogP contribution in [0.5, 0.6) is 0 Å². The summed E-state index contributed by atoms with van der Waals surface area (Å²) in [5.41, 5.74) is 0.375. The van der Waals surface area contributed by atoms with Crippen molar-refractivity contribution in [1.82, 2.24) is 0 Å². The second-order valence-corrected chi connectivity index (χ2v) is 7.41. The van der Waals surface area contributed by atoms with E-state index in [0.717, 1.165) is 4.48 Å². The molecule has 0 heterocycles.